The van der Waals surface area contributed by atoms with Gasteiger partial charge < -0.3 is 10.2 Å². The fourth-order valence-electron chi connectivity index (χ4n) is 2.34. The summed E-state index contributed by atoms with van der Waals surface area (Å²) in [4.78, 5) is 2.66. The van der Waals surface area contributed by atoms with E-state index >= 15 is 0 Å². The molecule has 0 radical (unpaired) electrons. The van der Waals surface area contributed by atoms with Crippen molar-refractivity contribution in [1.29, 1.82) is 0 Å². The molecule has 2 nitrogen and oxygen atoms in total. The van der Waals surface area contributed by atoms with Crippen LogP contribution in [0, 0.1) is 5.92 Å². The molecule has 0 aliphatic carbocycles. The van der Waals surface area contributed by atoms with Gasteiger partial charge in [0.15, 0.2) is 0 Å². The molecular weight excluding hydrogens is 172 g/mol. The monoisotopic (exact) mass is 198 g/mol. The predicted octanol–water partition coefficient (Wildman–Crippen LogP) is 2.11. The van der Waals surface area contributed by atoms with Gasteiger partial charge in [-0.25, -0.2) is 0 Å². The van der Waals surface area contributed by atoms with E-state index < -0.39 is 0 Å². The van der Waals surface area contributed by atoms with Crippen molar-refractivity contribution in [1.82, 2.24) is 10.2 Å². The molecule has 1 atom stereocenters. The van der Waals surface area contributed by atoms with Crippen molar-refractivity contribution in [2.24, 2.45) is 5.92 Å². The lowest BCUT2D eigenvalue weighted by molar-refractivity contribution is 0.134. The van der Waals surface area contributed by atoms with Gasteiger partial charge in [-0.2, -0.15) is 0 Å². The van der Waals surface area contributed by atoms with Gasteiger partial charge in [0, 0.05) is 6.04 Å². The Morgan fingerprint density at radius 2 is 2.00 bits per heavy atom. The molecular formula is C12H26N2. The normalized spacial score (nSPS) is 22.5. The highest BCUT2D eigenvalue weighted by atomic mass is 15.2. The van der Waals surface area contributed by atoms with Crippen LogP contribution in [-0.2, 0) is 0 Å². The van der Waals surface area contributed by atoms with Crippen molar-refractivity contribution in [2.75, 3.05) is 26.7 Å². The van der Waals surface area contributed by atoms with Crippen LogP contribution in [0.1, 0.15) is 39.5 Å². The van der Waals surface area contributed by atoms with Crippen molar-refractivity contribution in [2.45, 2.75) is 45.6 Å². The SMILES string of the molecule is CCC1CCN(C(C)CCNC)CC1. The predicted molar refractivity (Wildman–Crippen MR) is 62.6 cm³/mol. The number of hydrogen-bond acceptors (Lipinski definition) is 2. The molecule has 0 aromatic rings. The number of piperidine rings is 1. The first-order chi connectivity index (χ1) is 6.77. The summed E-state index contributed by atoms with van der Waals surface area (Å²) >= 11 is 0. The van der Waals surface area contributed by atoms with E-state index in [0.29, 0.717) is 0 Å². The van der Waals surface area contributed by atoms with Crippen LogP contribution in [0.2, 0.25) is 0 Å². The van der Waals surface area contributed by atoms with Crippen LogP contribution < -0.4 is 5.32 Å². The lowest BCUT2D eigenvalue weighted by Crippen LogP contribution is -2.40. The molecule has 0 bridgehead atoms. The van der Waals surface area contributed by atoms with Gasteiger partial charge in [0.25, 0.3) is 0 Å². The number of likely N-dealkylation sites (tertiary alicyclic amines) is 1. The van der Waals surface area contributed by atoms with E-state index in [4.69, 9.17) is 0 Å². The molecule has 0 saturated carbocycles. The summed E-state index contributed by atoms with van der Waals surface area (Å²) in [6.07, 6.45) is 5.49. The van der Waals surface area contributed by atoms with Crippen LogP contribution in [0.25, 0.3) is 0 Å². The number of rotatable bonds is 5. The molecule has 1 aliphatic rings. The molecule has 1 aliphatic heterocycles. The molecule has 1 heterocycles. The summed E-state index contributed by atoms with van der Waals surface area (Å²) < 4.78 is 0. The van der Waals surface area contributed by atoms with Gasteiger partial charge in [-0.1, -0.05) is 13.3 Å². The fraction of sp³-hybridized carbons (Fsp3) is 1.00. The van der Waals surface area contributed by atoms with Gasteiger partial charge in [-0.05, 0) is 58.8 Å². The highest BCUT2D eigenvalue weighted by Crippen LogP contribution is 2.21. The van der Waals surface area contributed by atoms with Gasteiger partial charge in [-0.3, -0.25) is 0 Å². The maximum absolute atomic E-state index is 3.23. The summed E-state index contributed by atoms with van der Waals surface area (Å²) in [5.41, 5.74) is 0. The van der Waals surface area contributed by atoms with Crippen molar-refractivity contribution in [3.63, 3.8) is 0 Å². The van der Waals surface area contributed by atoms with E-state index in [0.717, 1.165) is 18.5 Å². The van der Waals surface area contributed by atoms with Crippen LogP contribution in [0.3, 0.4) is 0 Å². The van der Waals surface area contributed by atoms with Gasteiger partial charge in [0.2, 0.25) is 0 Å². The number of nitrogens with one attached hydrogen (secondary N) is 1. The van der Waals surface area contributed by atoms with Crippen LogP contribution in [0.5, 0.6) is 0 Å². The Labute approximate surface area is 89.1 Å². The van der Waals surface area contributed by atoms with Crippen molar-refractivity contribution in [3.8, 4) is 0 Å². The molecule has 1 fully saturated rings. The Bertz CT molecular complexity index is 139. The molecule has 1 unspecified atom stereocenters. The van der Waals surface area contributed by atoms with Gasteiger partial charge in [-0.15, -0.1) is 0 Å². The second kappa shape index (κ2) is 6.41. The summed E-state index contributed by atoms with van der Waals surface area (Å²) in [6, 6.07) is 0.764. The molecule has 1 N–H and O–H groups in total. The van der Waals surface area contributed by atoms with Gasteiger partial charge in [0.05, 0.1) is 0 Å². The van der Waals surface area contributed by atoms with E-state index in [1.807, 2.05) is 7.05 Å². The molecule has 0 aromatic carbocycles. The van der Waals surface area contributed by atoms with E-state index in [9.17, 15) is 0 Å². The van der Waals surface area contributed by atoms with Crippen molar-refractivity contribution < 1.29 is 0 Å². The maximum Gasteiger partial charge on any atom is 0.00790 e. The third-order valence-corrected chi connectivity index (χ3v) is 3.66. The molecule has 84 valence electrons. The van der Waals surface area contributed by atoms with Crippen LogP contribution >= 0.6 is 0 Å². The third-order valence-electron chi connectivity index (χ3n) is 3.66. The first-order valence-electron chi connectivity index (χ1n) is 6.16. The lowest BCUT2D eigenvalue weighted by Gasteiger charge is -2.35. The standard InChI is InChI=1S/C12H26N2/c1-4-12-6-9-14(10-7-12)11(2)5-8-13-3/h11-13H,4-10H2,1-3H3. The average molecular weight is 198 g/mol. The summed E-state index contributed by atoms with van der Waals surface area (Å²) in [7, 11) is 2.04. The minimum atomic E-state index is 0.764. The lowest BCUT2D eigenvalue weighted by atomic mass is 9.93. The zero-order chi connectivity index (χ0) is 10.4. The fourth-order valence-corrected chi connectivity index (χ4v) is 2.34. The highest BCUT2D eigenvalue weighted by Gasteiger charge is 2.20. The Balaban J connectivity index is 2.19. The molecule has 1 saturated heterocycles. The zero-order valence-corrected chi connectivity index (χ0v) is 10.1. The Hall–Kier alpha value is -0.0800. The van der Waals surface area contributed by atoms with Gasteiger partial charge >= 0.3 is 0 Å². The van der Waals surface area contributed by atoms with Crippen LogP contribution in [0.4, 0.5) is 0 Å². The van der Waals surface area contributed by atoms with E-state index in [1.165, 1.54) is 38.8 Å². The molecule has 1 rings (SSSR count). The average Bonchev–Trinajstić information content (AvgIpc) is 2.26. The van der Waals surface area contributed by atoms with E-state index in [1.54, 1.807) is 0 Å². The quantitative estimate of drug-likeness (QED) is 0.728. The molecule has 0 aromatic heterocycles. The van der Waals surface area contributed by atoms with Crippen LogP contribution in [-0.4, -0.2) is 37.6 Å². The van der Waals surface area contributed by atoms with Crippen molar-refractivity contribution >= 4 is 0 Å². The van der Waals surface area contributed by atoms with Gasteiger partial charge in [0.1, 0.15) is 0 Å². The Morgan fingerprint density at radius 1 is 1.36 bits per heavy atom. The smallest absolute Gasteiger partial charge is 0.00790 e. The number of nitrogens with zero attached hydrogens (tertiary/aromatic N) is 1. The molecule has 14 heavy (non-hydrogen) atoms. The highest BCUT2D eigenvalue weighted by molar-refractivity contribution is 4.75. The molecule has 0 spiro atoms. The zero-order valence-electron chi connectivity index (χ0n) is 10.1. The largest absolute Gasteiger partial charge is 0.320 e. The summed E-state index contributed by atoms with van der Waals surface area (Å²) in [5, 5.41) is 3.23. The first kappa shape index (κ1) is 12.0. The maximum atomic E-state index is 3.23. The summed E-state index contributed by atoms with van der Waals surface area (Å²) in [6.45, 7) is 8.48. The second-order valence-electron chi connectivity index (χ2n) is 4.63. The van der Waals surface area contributed by atoms with Crippen molar-refractivity contribution in [3.05, 3.63) is 0 Å². The summed E-state index contributed by atoms with van der Waals surface area (Å²) in [5.74, 6) is 1.00. The third kappa shape index (κ3) is 3.58. The Morgan fingerprint density at radius 3 is 2.50 bits per heavy atom. The second-order valence-corrected chi connectivity index (χ2v) is 4.63. The molecule has 0 amide bonds. The topological polar surface area (TPSA) is 15.3 Å². The Kier molecular flexibility index (Phi) is 5.49. The minimum Gasteiger partial charge on any atom is -0.320 e. The first-order valence-corrected chi connectivity index (χ1v) is 6.16. The minimum absolute atomic E-state index is 0.764. The van der Waals surface area contributed by atoms with Crippen LogP contribution in [0.15, 0.2) is 0 Å². The molecule has 2 heteroatoms. The van der Waals surface area contributed by atoms with E-state index in [-0.39, 0.29) is 0 Å². The number of hydrogen-bond donors (Lipinski definition) is 1. The van der Waals surface area contributed by atoms with E-state index in [2.05, 4.69) is 24.1 Å².